The molecule has 0 saturated carbocycles. The molecule has 0 radical (unpaired) electrons. The van der Waals surface area contributed by atoms with Crippen LogP contribution in [0.15, 0.2) is 12.7 Å². The first kappa shape index (κ1) is 12.9. The van der Waals surface area contributed by atoms with E-state index in [4.69, 9.17) is 4.74 Å². The summed E-state index contributed by atoms with van der Waals surface area (Å²) in [5, 5.41) is 0. The maximum atomic E-state index is 11.6. The van der Waals surface area contributed by atoms with Gasteiger partial charge < -0.3 is 9.53 Å². The summed E-state index contributed by atoms with van der Waals surface area (Å²) in [6, 6.07) is 0. The lowest BCUT2D eigenvalue weighted by atomic mass is 9.84. The monoisotopic (exact) mass is 198 g/mol. The van der Waals surface area contributed by atoms with E-state index in [1.54, 1.807) is 26.8 Å². The number of carbonyl (C=O) groups excluding carboxylic acids is 2. The van der Waals surface area contributed by atoms with Gasteiger partial charge in [0.05, 0.1) is 11.5 Å². The van der Waals surface area contributed by atoms with Crippen LogP contribution in [0.1, 0.15) is 33.6 Å². The van der Waals surface area contributed by atoms with E-state index in [1.807, 2.05) is 0 Å². The molecule has 80 valence electrons. The zero-order valence-electron chi connectivity index (χ0n) is 9.08. The van der Waals surface area contributed by atoms with Gasteiger partial charge in [-0.15, -0.1) is 6.58 Å². The Morgan fingerprint density at radius 3 is 2.43 bits per heavy atom. The first-order valence-electron chi connectivity index (χ1n) is 4.72. The largest absolute Gasteiger partial charge is 0.463 e. The number of aldehydes is 1. The fraction of sp³-hybridized carbons (Fsp3) is 0.636. The summed E-state index contributed by atoms with van der Waals surface area (Å²) < 4.78 is 5.07. The molecule has 14 heavy (non-hydrogen) atoms. The molecule has 0 amide bonds. The third kappa shape index (κ3) is 3.73. The number of rotatable bonds is 6. The van der Waals surface area contributed by atoms with E-state index in [9.17, 15) is 9.59 Å². The van der Waals surface area contributed by atoms with Gasteiger partial charge >= 0.3 is 5.97 Å². The maximum absolute atomic E-state index is 11.6. The molecule has 0 aliphatic heterocycles. The molecule has 0 aliphatic carbocycles. The molecule has 1 unspecified atom stereocenters. The number of hydrogen-bond donors (Lipinski definition) is 0. The van der Waals surface area contributed by atoms with Crippen LogP contribution in [0.25, 0.3) is 0 Å². The highest BCUT2D eigenvalue weighted by Crippen LogP contribution is 2.27. The predicted molar refractivity (Wildman–Crippen MR) is 54.8 cm³/mol. The van der Waals surface area contributed by atoms with E-state index in [-0.39, 0.29) is 18.5 Å². The van der Waals surface area contributed by atoms with E-state index >= 15 is 0 Å². The van der Waals surface area contributed by atoms with E-state index < -0.39 is 5.41 Å². The number of allylic oxidation sites excluding steroid dienone is 1. The van der Waals surface area contributed by atoms with Gasteiger partial charge in [-0.3, -0.25) is 4.79 Å². The number of ether oxygens (including phenoxy) is 1. The molecule has 3 nitrogen and oxygen atoms in total. The molecule has 0 spiro atoms. The van der Waals surface area contributed by atoms with Crippen LogP contribution in [0.4, 0.5) is 0 Å². The average Bonchev–Trinajstić information content (AvgIpc) is 2.03. The van der Waals surface area contributed by atoms with Gasteiger partial charge in [-0.05, 0) is 27.2 Å². The molecule has 0 aromatic heterocycles. The third-order valence-electron chi connectivity index (χ3n) is 1.96. The summed E-state index contributed by atoms with van der Waals surface area (Å²) >= 11 is 0. The van der Waals surface area contributed by atoms with Gasteiger partial charge in [0.25, 0.3) is 0 Å². The Hall–Kier alpha value is -1.12. The summed E-state index contributed by atoms with van der Waals surface area (Å²) in [4.78, 5) is 22.1. The molecule has 0 bridgehead atoms. The van der Waals surface area contributed by atoms with Gasteiger partial charge in [-0.25, -0.2) is 0 Å². The predicted octanol–water partition coefficient (Wildman–Crippen LogP) is 2.11. The van der Waals surface area contributed by atoms with Crippen LogP contribution in [0.2, 0.25) is 0 Å². The Labute approximate surface area is 85.1 Å². The molecule has 0 rings (SSSR count). The Kier molecular flexibility index (Phi) is 5.13. The summed E-state index contributed by atoms with van der Waals surface area (Å²) in [7, 11) is 0. The second-order valence-electron chi connectivity index (χ2n) is 3.88. The molecule has 0 N–H and O–H groups in total. The maximum Gasteiger partial charge on any atom is 0.312 e. The van der Waals surface area contributed by atoms with Crippen molar-refractivity contribution in [2.45, 2.75) is 39.7 Å². The van der Waals surface area contributed by atoms with Crippen molar-refractivity contribution < 1.29 is 14.3 Å². The fourth-order valence-corrected chi connectivity index (χ4v) is 1.11. The minimum atomic E-state index is -0.756. The van der Waals surface area contributed by atoms with Crippen molar-refractivity contribution in [3.05, 3.63) is 12.7 Å². The highest BCUT2D eigenvalue weighted by atomic mass is 16.5. The molecule has 0 saturated heterocycles. The molecular formula is C11H18O3. The van der Waals surface area contributed by atoms with Gasteiger partial charge in [-0.2, -0.15) is 0 Å². The van der Waals surface area contributed by atoms with E-state index in [2.05, 4.69) is 6.58 Å². The summed E-state index contributed by atoms with van der Waals surface area (Å²) in [6.07, 6.45) is 2.84. The van der Waals surface area contributed by atoms with Gasteiger partial charge in [0.2, 0.25) is 0 Å². The molecule has 0 fully saturated rings. The molecule has 0 heterocycles. The highest BCUT2D eigenvalue weighted by molar-refractivity contribution is 5.79. The van der Waals surface area contributed by atoms with Crippen LogP contribution < -0.4 is 0 Å². The lowest BCUT2D eigenvalue weighted by Gasteiger charge is -2.24. The second kappa shape index (κ2) is 5.58. The van der Waals surface area contributed by atoms with E-state index in [0.29, 0.717) is 6.42 Å². The van der Waals surface area contributed by atoms with Crippen molar-refractivity contribution in [3.63, 3.8) is 0 Å². The van der Waals surface area contributed by atoms with Gasteiger partial charge in [0.15, 0.2) is 0 Å². The van der Waals surface area contributed by atoms with Crippen molar-refractivity contribution in [2.75, 3.05) is 0 Å². The highest BCUT2D eigenvalue weighted by Gasteiger charge is 2.33. The lowest BCUT2D eigenvalue weighted by Crippen LogP contribution is -2.31. The topological polar surface area (TPSA) is 43.4 Å². The van der Waals surface area contributed by atoms with Crippen LogP contribution >= 0.6 is 0 Å². The SMILES string of the molecule is C=CCC(C)(CC=O)C(=O)OC(C)C. The third-order valence-corrected chi connectivity index (χ3v) is 1.96. The minimum absolute atomic E-state index is 0.154. The summed E-state index contributed by atoms with van der Waals surface area (Å²) in [5.41, 5.74) is -0.756. The average molecular weight is 198 g/mol. The van der Waals surface area contributed by atoms with Crippen molar-refractivity contribution in [1.29, 1.82) is 0 Å². The zero-order chi connectivity index (χ0) is 11.2. The quantitative estimate of drug-likeness (QED) is 0.373. The standard InChI is InChI=1S/C11H18O3/c1-5-6-11(4,7-8-12)10(13)14-9(2)3/h5,8-9H,1,6-7H2,2-4H3. The molecule has 0 aromatic rings. The number of hydrogen-bond acceptors (Lipinski definition) is 3. The van der Waals surface area contributed by atoms with Crippen molar-refractivity contribution in [2.24, 2.45) is 5.41 Å². The number of carbonyl (C=O) groups is 2. The molecule has 0 aliphatic rings. The summed E-state index contributed by atoms with van der Waals surface area (Å²) in [5.74, 6) is -0.334. The molecule has 0 aromatic carbocycles. The van der Waals surface area contributed by atoms with Gasteiger partial charge in [0, 0.05) is 6.42 Å². The second-order valence-corrected chi connectivity index (χ2v) is 3.88. The van der Waals surface area contributed by atoms with Crippen LogP contribution in [0.3, 0.4) is 0 Å². The first-order valence-corrected chi connectivity index (χ1v) is 4.72. The zero-order valence-corrected chi connectivity index (χ0v) is 9.08. The van der Waals surface area contributed by atoms with Crippen molar-refractivity contribution in [3.8, 4) is 0 Å². The Balaban J connectivity index is 4.53. The lowest BCUT2D eigenvalue weighted by molar-refractivity contribution is -0.159. The van der Waals surface area contributed by atoms with Gasteiger partial charge in [-0.1, -0.05) is 6.08 Å². The molecular weight excluding hydrogens is 180 g/mol. The minimum Gasteiger partial charge on any atom is -0.463 e. The molecule has 1 atom stereocenters. The first-order chi connectivity index (χ1) is 6.46. The van der Waals surface area contributed by atoms with Crippen molar-refractivity contribution >= 4 is 12.3 Å². The Morgan fingerprint density at radius 2 is 2.07 bits per heavy atom. The van der Waals surface area contributed by atoms with Gasteiger partial charge in [0.1, 0.15) is 6.29 Å². The van der Waals surface area contributed by atoms with Crippen LogP contribution in [-0.2, 0) is 14.3 Å². The van der Waals surface area contributed by atoms with Crippen LogP contribution in [0.5, 0.6) is 0 Å². The number of esters is 1. The fourth-order valence-electron chi connectivity index (χ4n) is 1.11. The molecule has 3 heteroatoms. The van der Waals surface area contributed by atoms with E-state index in [0.717, 1.165) is 6.29 Å². The Bertz CT molecular complexity index is 209. The van der Waals surface area contributed by atoms with Crippen molar-refractivity contribution in [1.82, 2.24) is 0 Å². The normalized spacial score (nSPS) is 14.6. The summed E-state index contributed by atoms with van der Waals surface area (Å²) in [6.45, 7) is 8.85. The smallest absolute Gasteiger partial charge is 0.312 e. The van der Waals surface area contributed by atoms with Crippen LogP contribution in [-0.4, -0.2) is 18.4 Å². The van der Waals surface area contributed by atoms with Crippen LogP contribution in [0, 0.1) is 5.41 Å². The van der Waals surface area contributed by atoms with E-state index in [1.165, 1.54) is 0 Å². The Morgan fingerprint density at radius 1 is 1.50 bits per heavy atom.